The van der Waals surface area contributed by atoms with Crippen molar-refractivity contribution in [3.8, 4) is 6.01 Å². The molecule has 0 unspecified atom stereocenters. The standard InChI is InChI=1S/C13H15Cl2N5O/c1-3-16-11-18-12(20-13(19-11)21-4-2)17-10-6-5-8(14)7-9(10)15/h5-7H,3-4H2,1-2H3,(H2,16,17,18,19,20). The molecule has 0 bridgehead atoms. The first-order valence-corrected chi connectivity index (χ1v) is 7.22. The molecule has 8 heteroatoms. The van der Waals surface area contributed by atoms with Crippen LogP contribution >= 0.6 is 23.2 Å². The van der Waals surface area contributed by atoms with Gasteiger partial charge in [0.25, 0.3) is 0 Å². The summed E-state index contributed by atoms with van der Waals surface area (Å²) in [6.07, 6.45) is 0. The second-order valence-corrected chi connectivity index (χ2v) is 4.82. The number of hydrogen-bond acceptors (Lipinski definition) is 6. The van der Waals surface area contributed by atoms with E-state index >= 15 is 0 Å². The molecule has 0 radical (unpaired) electrons. The highest BCUT2D eigenvalue weighted by Gasteiger charge is 2.09. The van der Waals surface area contributed by atoms with Gasteiger partial charge in [0, 0.05) is 11.6 Å². The minimum absolute atomic E-state index is 0.246. The van der Waals surface area contributed by atoms with Gasteiger partial charge in [-0.15, -0.1) is 0 Å². The Kier molecular flexibility index (Phi) is 5.41. The number of aromatic nitrogens is 3. The molecule has 6 nitrogen and oxygen atoms in total. The first-order valence-electron chi connectivity index (χ1n) is 6.47. The Balaban J connectivity index is 2.29. The molecule has 0 fully saturated rings. The van der Waals surface area contributed by atoms with Crippen LogP contribution < -0.4 is 15.4 Å². The van der Waals surface area contributed by atoms with Crippen molar-refractivity contribution in [2.75, 3.05) is 23.8 Å². The van der Waals surface area contributed by atoms with Gasteiger partial charge in [-0.3, -0.25) is 0 Å². The number of hydrogen-bond donors (Lipinski definition) is 2. The molecular weight excluding hydrogens is 313 g/mol. The van der Waals surface area contributed by atoms with Crippen molar-refractivity contribution >= 4 is 40.8 Å². The number of benzene rings is 1. The van der Waals surface area contributed by atoms with Crippen molar-refractivity contribution in [1.82, 2.24) is 15.0 Å². The highest BCUT2D eigenvalue weighted by Crippen LogP contribution is 2.27. The molecule has 0 amide bonds. The van der Waals surface area contributed by atoms with Crippen molar-refractivity contribution < 1.29 is 4.74 Å². The van der Waals surface area contributed by atoms with Crippen molar-refractivity contribution in [2.45, 2.75) is 13.8 Å². The normalized spacial score (nSPS) is 10.3. The zero-order valence-corrected chi connectivity index (χ0v) is 13.2. The largest absolute Gasteiger partial charge is 0.464 e. The lowest BCUT2D eigenvalue weighted by Crippen LogP contribution is -2.09. The number of nitrogens with one attached hydrogen (secondary N) is 2. The maximum Gasteiger partial charge on any atom is 0.323 e. The molecule has 0 saturated heterocycles. The van der Waals surface area contributed by atoms with E-state index in [1.165, 1.54) is 0 Å². The summed E-state index contributed by atoms with van der Waals surface area (Å²) in [5.41, 5.74) is 0.650. The molecule has 0 atom stereocenters. The summed E-state index contributed by atoms with van der Waals surface area (Å²) in [7, 11) is 0. The lowest BCUT2D eigenvalue weighted by atomic mass is 10.3. The van der Waals surface area contributed by atoms with E-state index in [9.17, 15) is 0 Å². The third kappa shape index (κ3) is 4.34. The van der Waals surface area contributed by atoms with E-state index in [1.54, 1.807) is 18.2 Å². The Morgan fingerprint density at radius 2 is 1.86 bits per heavy atom. The SMILES string of the molecule is CCNc1nc(Nc2ccc(Cl)cc2Cl)nc(OCC)n1. The number of rotatable bonds is 6. The van der Waals surface area contributed by atoms with Gasteiger partial charge >= 0.3 is 6.01 Å². The summed E-state index contributed by atoms with van der Waals surface area (Å²) < 4.78 is 5.32. The average molecular weight is 328 g/mol. The summed E-state index contributed by atoms with van der Waals surface area (Å²) in [6, 6.07) is 5.37. The second-order valence-electron chi connectivity index (χ2n) is 3.98. The van der Waals surface area contributed by atoms with Gasteiger partial charge in [0.1, 0.15) is 0 Å². The molecular formula is C13H15Cl2N5O. The van der Waals surface area contributed by atoms with E-state index in [4.69, 9.17) is 27.9 Å². The van der Waals surface area contributed by atoms with Gasteiger partial charge in [-0.2, -0.15) is 15.0 Å². The van der Waals surface area contributed by atoms with Crippen LogP contribution in [0.1, 0.15) is 13.8 Å². The number of ether oxygens (including phenoxy) is 1. The van der Waals surface area contributed by atoms with Gasteiger partial charge in [-0.1, -0.05) is 23.2 Å². The van der Waals surface area contributed by atoms with Crippen LogP contribution in [-0.4, -0.2) is 28.1 Å². The van der Waals surface area contributed by atoms with Crippen LogP contribution in [0.25, 0.3) is 0 Å². The molecule has 2 aromatic rings. The van der Waals surface area contributed by atoms with E-state index < -0.39 is 0 Å². The third-order valence-electron chi connectivity index (χ3n) is 2.40. The van der Waals surface area contributed by atoms with E-state index in [0.29, 0.717) is 40.8 Å². The number of nitrogens with zero attached hydrogens (tertiary/aromatic N) is 3. The highest BCUT2D eigenvalue weighted by molar-refractivity contribution is 6.36. The van der Waals surface area contributed by atoms with Crippen LogP contribution in [0, 0.1) is 0 Å². The molecule has 0 saturated carbocycles. The van der Waals surface area contributed by atoms with Crippen molar-refractivity contribution in [3.05, 3.63) is 28.2 Å². The summed E-state index contributed by atoms with van der Waals surface area (Å²) in [4.78, 5) is 12.6. The fourth-order valence-electron chi connectivity index (χ4n) is 1.55. The van der Waals surface area contributed by atoms with E-state index in [0.717, 1.165) is 0 Å². The molecule has 2 rings (SSSR count). The maximum atomic E-state index is 6.12. The summed E-state index contributed by atoms with van der Waals surface area (Å²) in [5, 5.41) is 7.08. The van der Waals surface area contributed by atoms with Crippen molar-refractivity contribution in [2.24, 2.45) is 0 Å². The van der Waals surface area contributed by atoms with Gasteiger partial charge in [-0.25, -0.2) is 0 Å². The first kappa shape index (κ1) is 15.6. The zero-order chi connectivity index (χ0) is 15.2. The fraction of sp³-hybridized carbons (Fsp3) is 0.308. The predicted octanol–water partition coefficient (Wildman–Crippen LogP) is 3.75. The molecule has 1 heterocycles. The van der Waals surface area contributed by atoms with E-state index in [2.05, 4.69) is 25.6 Å². The molecule has 0 aliphatic rings. The third-order valence-corrected chi connectivity index (χ3v) is 2.95. The molecule has 0 aliphatic carbocycles. The van der Waals surface area contributed by atoms with Crippen LogP contribution in [0.4, 0.5) is 17.6 Å². The Labute approximate surface area is 132 Å². The number of halogens is 2. The maximum absolute atomic E-state index is 6.12. The topological polar surface area (TPSA) is 72.0 Å². The van der Waals surface area contributed by atoms with Gasteiger partial charge < -0.3 is 15.4 Å². The van der Waals surface area contributed by atoms with E-state index in [1.807, 2.05) is 13.8 Å². The molecule has 2 N–H and O–H groups in total. The first-order chi connectivity index (χ1) is 10.1. The van der Waals surface area contributed by atoms with Crippen LogP contribution in [0.3, 0.4) is 0 Å². The minimum atomic E-state index is 0.246. The summed E-state index contributed by atoms with van der Waals surface area (Å²) >= 11 is 12.0. The van der Waals surface area contributed by atoms with Crippen LogP contribution in [0.2, 0.25) is 10.0 Å². The average Bonchev–Trinajstić information content (AvgIpc) is 2.42. The van der Waals surface area contributed by atoms with Crippen molar-refractivity contribution in [1.29, 1.82) is 0 Å². The Hall–Kier alpha value is -1.79. The molecule has 1 aromatic carbocycles. The van der Waals surface area contributed by atoms with Gasteiger partial charge in [0.15, 0.2) is 0 Å². The van der Waals surface area contributed by atoms with Gasteiger partial charge in [0.2, 0.25) is 11.9 Å². The lowest BCUT2D eigenvalue weighted by Gasteiger charge is -2.10. The Morgan fingerprint density at radius 3 is 2.52 bits per heavy atom. The quantitative estimate of drug-likeness (QED) is 0.841. The molecule has 112 valence electrons. The Bertz CT molecular complexity index is 599. The van der Waals surface area contributed by atoms with Crippen LogP contribution in [0.5, 0.6) is 6.01 Å². The zero-order valence-electron chi connectivity index (χ0n) is 11.7. The highest BCUT2D eigenvalue weighted by atomic mass is 35.5. The van der Waals surface area contributed by atoms with Crippen LogP contribution in [-0.2, 0) is 0 Å². The van der Waals surface area contributed by atoms with Gasteiger partial charge in [-0.05, 0) is 32.0 Å². The van der Waals surface area contributed by atoms with Crippen LogP contribution in [0.15, 0.2) is 18.2 Å². The van der Waals surface area contributed by atoms with E-state index in [-0.39, 0.29) is 6.01 Å². The predicted molar refractivity (Wildman–Crippen MR) is 84.9 cm³/mol. The molecule has 0 spiro atoms. The molecule has 0 aliphatic heterocycles. The Morgan fingerprint density at radius 1 is 1.10 bits per heavy atom. The lowest BCUT2D eigenvalue weighted by molar-refractivity contribution is 0.312. The van der Waals surface area contributed by atoms with Gasteiger partial charge in [0.05, 0.1) is 17.3 Å². The fourth-order valence-corrected chi connectivity index (χ4v) is 2.01. The molecule has 21 heavy (non-hydrogen) atoms. The minimum Gasteiger partial charge on any atom is -0.464 e. The number of anilines is 3. The molecule has 1 aromatic heterocycles. The summed E-state index contributed by atoms with van der Waals surface area (Å²) in [5.74, 6) is 0.775. The summed E-state index contributed by atoms with van der Waals surface area (Å²) in [6.45, 7) is 4.97. The monoisotopic (exact) mass is 327 g/mol. The second kappa shape index (κ2) is 7.28. The van der Waals surface area contributed by atoms with Crippen molar-refractivity contribution in [3.63, 3.8) is 0 Å². The smallest absolute Gasteiger partial charge is 0.323 e.